The van der Waals surface area contributed by atoms with Gasteiger partial charge in [0, 0.05) is 46.5 Å². The molecule has 3 heterocycles. The molecule has 0 aliphatic carbocycles. The normalized spacial score (nSPS) is 19.2. The first kappa shape index (κ1) is 17.7. The maximum absolute atomic E-state index is 12.5. The number of hydrogen-bond acceptors (Lipinski definition) is 5. The second-order valence-corrected chi connectivity index (χ2v) is 7.59. The van der Waals surface area contributed by atoms with Gasteiger partial charge in [0.1, 0.15) is 5.54 Å². The molecule has 1 spiro atoms. The van der Waals surface area contributed by atoms with Crippen molar-refractivity contribution in [3.63, 3.8) is 0 Å². The van der Waals surface area contributed by atoms with Gasteiger partial charge in [0.15, 0.2) is 0 Å². The molecular formula is C20H26N6O. The standard InChI is InChI=1S/C20H26N6O/c1-24(2)19-22-18(27)20(23-19)8-10-25(11-9-20)14-17-12-21-15-26(17)13-16-6-4-3-5-7-16/h3-7,12,15H,8-11,13-14H2,1-2H3,(H,22,23,27). The average Bonchev–Trinajstić information content (AvgIpc) is 3.23. The summed E-state index contributed by atoms with van der Waals surface area (Å²) in [6, 6.07) is 10.4. The monoisotopic (exact) mass is 366 g/mol. The summed E-state index contributed by atoms with van der Waals surface area (Å²) in [5, 5.41) is 2.92. The number of nitrogens with one attached hydrogen (secondary N) is 1. The number of piperidine rings is 1. The summed E-state index contributed by atoms with van der Waals surface area (Å²) in [7, 11) is 3.81. The summed E-state index contributed by atoms with van der Waals surface area (Å²) < 4.78 is 2.20. The molecule has 1 fully saturated rings. The number of aromatic nitrogens is 2. The predicted octanol–water partition coefficient (Wildman–Crippen LogP) is 1.31. The van der Waals surface area contributed by atoms with Gasteiger partial charge in [-0.15, -0.1) is 0 Å². The third-order valence-electron chi connectivity index (χ3n) is 5.45. The Balaban J connectivity index is 1.39. The van der Waals surface area contributed by atoms with Gasteiger partial charge < -0.3 is 9.47 Å². The van der Waals surface area contributed by atoms with E-state index in [1.807, 2.05) is 37.6 Å². The van der Waals surface area contributed by atoms with Crippen LogP contribution in [0.5, 0.6) is 0 Å². The van der Waals surface area contributed by atoms with Crippen LogP contribution >= 0.6 is 0 Å². The van der Waals surface area contributed by atoms with E-state index in [1.165, 1.54) is 11.3 Å². The van der Waals surface area contributed by atoms with Crippen LogP contribution in [0.2, 0.25) is 0 Å². The minimum atomic E-state index is -0.583. The molecule has 1 amide bonds. The van der Waals surface area contributed by atoms with E-state index in [9.17, 15) is 4.79 Å². The van der Waals surface area contributed by atoms with Crippen molar-refractivity contribution in [1.82, 2.24) is 24.7 Å². The Morgan fingerprint density at radius 3 is 2.56 bits per heavy atom. The number of aliphatic imine (C=N–C) groups is 1. The number of likely N-dealkylation sites (tertiary alicyclic amines) is 1. The minimum absolute atomic E-state index is 0.0416. The lowest BCUT2D eigenvalue weighted by atomic mass is 9.88. The molecule has 0 atom stereocenters. The van der Waals surface area contributed by atoms with Crippen LogP contribution in [-0.2, 0) is 17.9 Å². The van der Waals surface area contributed by atoms with E-state index in [-0.39, 0.29) is 5.91 Å². The molecule has 7 nitrogen and oxygen atoms in total. The van der Waals surface area contributed by atoms with Crippen LogP contribution in [0.4, 0.5) is 0 Å². The molecule has 1 N–H and O–H groups in total. The van der Waals surface area contributed by atoms with Gasteiger partial charge in [-0.05, 0) is 18.4 Å². The summed E-state index contributed by atoms with van der Waals surface area (Å²) in [4.78, 5) is 25.8. The van der Waals surface area contributed by atoms with E-state index in [4.69, 9.17) is 4.99 Å². The number of carbonyl (C=O) groups is 1. The maximum Gasteiger partial charge on any atom is 0.254 e. The Hall–Kier alpha value is -2.67. The van der Waals surface area contributed by atoms with Crippen LogP contribution in [0.3, 0.4) is 0 Å². The molecule has 7 heteroatoms. The predicted molar refractivity (Wildman–Crippen MR) is 104 cm³/mol. The first-order valence-corrected chi connectivity index (χ1v) is 9.40. The molecule has 1 aromatic heterocycles. The van der Waals surface area contributed by atoms with Crippen LogP contribution in [0, 0.1) is 0 Å². The van der Waals surface area contributed by atoms with E-state index in [1.54, 1.807) is 0 Å². The number of rotatable bonds is 4. The number of imidazole rings is 1. The fraction of sp³-hybridized carbons (Fsp3) is 0.450. The summed E-state index contributed by atoms with van der Waals surface area (Å²) in [6.07, 6.45) is 5.34. The number of hydrogen-bond donors (Lipinski definition) is 1. The quantitative estimate of drug-likeness (QED) is 0.886. The number of carbonyl (C=O) groups excluding carboxylic acids is 1. The molecule has 0 radical (unpaired) electrons. The molecule has 4 rings (SSSR count). The van der Waals surface area contributed by atoms with Gasteiger partial charge in [0.2, 0.25) is 5.96 Å². The van der Waals surface area contributed by atoms with Crippen molar-refractivity contribution < 1.29 is 4.79 Å². The number of nitrogens with zero attached hydrogens (tertiary/aromatic N) is 5. The molecule has 2 aromatic rings. The summed E-state index contributed by atoms with van der Waals surface area (Å²) in [6.45, 7) is 3.38. The van der Waals surface area contributed by atoms with Crippen molar-refractivity contribution in [2.45, 2.75) is 31.5 Å². The largest absolute Gasteiger partial charge is 0.349 e. The minimum Gasteiger partial charge on any atom is -0.349 e. The highest BCUT2D eigenvalue weighted by Gasteiger charge is 2.46. The van der Waals surface area contributed by atoms with Gasteiger partial charge >= 0.3 is 0 Å². The first-order valence-electron chi connectivity index (χ1n) is 9.40. The number of benzene rings is 1. The highest BCUT2D eigenvalue weighted by molar-refractivity contribution is 6.07. The van der Waals surface area contributed by atoms with E-state index in [0.717, 1.165) is 39.0 Å². The molecule has 0 bridgehead atoms. The molecule has 0 unspecified atom stereocenters. The van der Waals surface area contributed by atoms with Crippen molar-refractivity contribution in [3.8, 4) is 0 Å². The van der Waals surface area contributed by atoms with Crippen molar-refractivity contribution in [2.24, 2.45) is 4.99 Å². The molecule has 1 aromatic carbocycles. The Bertz CT molecular complexity index is 833. The zero-order valence-corrected chi connectivity index (χ0v) is 15.9. The van der Waals surface area contributed by atoms with Crippen molar-refractivity contribution in [1.29, 1.82) is 0 Å². The van der Waals surface area contributed by atoms with Gasteiger partial charge in [-0.3, -0.25) is 15.0 Å². The van der Waals surface area contributed by atoms with Crippen molar-refractivity contribution in [3.05, 3.63) is 54.1 Å². The zero-order valence-electron chi connectivity index (χ0n) is 15.9. The molecule has 1 saturated heterocycles. The molecule has 0 saturated carbocycles. The van der Waals surface area contributed by atoms with Crippen LogP contribution in [0.1, 0.15) is 24.1 Å². The molecule has 142 valence electrons. The van der Waals surface area contributed by atoms with Crippen molar-refractivity contribution in [2.75, 3.05) is 27.2 Å². The zero-order chi connectivity index (χ0) is 18.9. The van der Waals surface area contributed by atoms with E-state index in [0.29, 0.717) is 5.96 Å². The average molecular weight is 366 g/mol. The van der Waals surface area contributed by atoms with Gasteiger partial charge in [0.25, 0.3) is 5.91 Å². The van der Waals surface area contributed by atoms with E-state index < -0.39 is 5.54 Å². The van der Waals surface area contributed by atoms with E-state index >= 15 is 0 Å². The smallest absolute Gasteiger partial charge is 0.254 e. The van der Waals surface area contributed by atoms with Gasteiger partial charge in [-0.25, -0.2) is 9.98 Å². The lowest BCUT2D eigenvalue weighted by Crippen LogP contribution is -2.49. The van der Waals surface area contributed by atoms with Crippen LogP contribution in [-0.4, -0.2) is 63.9 Å². The summed E-state index contributed by atoms with van der Waals surface area (Å²) in [5.74, 6) is 0.717. The Morgan fingerprint density at radius 1 is 1.15 bits per heavy atom. The lowest BCUT2D eigenvalue weighted by molar-refractivity contribution is -0.125. The highest BCUT2D eigenvalue weighted by atomic mass is 16.2. The maximum atomic E-state index is 12.5. The first-order chi connectivity index (χ1) is 13.1. The topological polar surface area (TPSA) is 65.8 Å². The van der Waals surface area contributed by atoms with Gasteiger partial charge in [0.05, 0.1) is 12.0 Å². The molecular weight excluding hydrogens is 340 g/mol. The van der Waals surface area contributed by atoms with Crippen LogP contribution < -0.4 is 5.32 Å². The van der Waals surface area contributed by atoms with Crippen LogP contribution in [0.25, 0.3) is 0 Å². The number of guanidine groups is 1. The fourth-order valence-corrected chi connectivity index (χ4v) is 3.76. The van der Waals surface area contributed by atoms with Crippen molar-refractivity contribution >= 4 is 11.9 Å². The Morgan fingerprint density at radius 2 is 1.89 bits per heavy atom. The molecule has 2 aliphatic heterocycles. The Labute approximate surface area is 159 Å². The molecule has 27 heavy (non-hydrogen) atoms. The second kappa shape index (κ2) is 7.15. The Kier molecular flexibility index (Phi) is 4.70. The number of amides is 1. The SMILES string of the molecule is CN(C)C1=NC2(CCN(Cc3cncn3Cc3ccccc3)CC2)C(=O)N1. The van der Waals surface area contributed by atoms with Crippen LogP contribution in [0.15, 0.2) is 47.8 Å². The van der Waals surface area contributed by atoms with Gasteiger partial charge in [-0.1, -0.05) is 30.3 Å². The third-order valence-corrected chi connectivity index (χ3v) is 5.45. The third kappa shape index (κ3) is 3.60. The highest BCUT2D eigenvalue weighted by Crippen LogP contribution is 2.30. The fourth-order valence-electron chi connectivity index (χ4n) is 3.76. The summed E-state index contributed by atoms with van der Waals surface area (Å²) >= 11 is 0. The second-order valence-electron chi connectivity index (χ2n) is 7.59. The lowest BCUT2D eigenvalue weighted by Gasteiger charge is -2.35. The summed E-state index contributed by atoms with van der Waals surface area (Å²) in [5.41, 5.74) is 1.88. The van der Waals surface area contributed by atoms with E-state index in [2.05, 4.69) is 44.0 Å². The van der Waals surface area contributed by atoms with Gasteiger partial charge in [-0.2, -0.15) is 0 Å². The molecule has 2 aliphatic rings.